The summed E-state index contributed by atoms with van der Waals surface area (Å²) in [4.78, 5) is 30.9. The van der Waals surface area contributed by atoms with E-state index < -0.39 is 61.6 Å². The van der Waals surface area contributed by atoms with Gasteiger partial charge in [-0.1, -0.05) is 29.7 Å². The lowest BCUT2D eigenvalue weighted by Crippen LogP contribution is -2.35. The predicted molar refractivity (Wildman–Crippen MR) is 202 cm³/mol. The van der Waals surface area contributed by atoms with E-state index in [0.29, 0.717) is 11.8 Å². The maximum absolute atomic E-state index is 14.3. The van der Waals surface area contributed by atoms with Gasteiger partial charge in [0.15, 0.2) is 15.7 Å². The van der Waals surface area contributed by atoms with E-state index in [-0.39, 0.29) is 57.5 Å². The van der Waals surface area contributed by atoms with Gasteiger partial charge in [0.2, 0.25) is 0 Å². The highest BCUT2D eigenvalue weighted by Gasteiger charge is 2.29. The van der Waals surface area contributed by atoms with Crippen LogP contribution in [0.25, 0.3) is 16.6 Å². The number of ether oxygens (including phenoxy) is 1. The number of nitrogens with one attached hydrogen (secondary N) is 1. The van der Waals surface area contributed by atoms with E-state index >= 15 is 0 Å². The number of rotatable bonds is 12. The number of hydrogen-bond acceptors (Lipinski definition) is 9. The molecule has 1 amide bonds. The van der Waals surface area contributed by atoms with Crippen molar-refractivity contribution < 1.29 is 40.6 Å². The molecule has 2 aromatic heterocycles. The number of sulfone groups is 1. The fourth-order valence-corrected chi connectivity index (χ4v) is 6.62. The van der Waals surface area contributed by atoms with Crippen molar-refractivity contribution in [2.24, 2.45) is 7.05 Å². The van der Waals surface area contributed by atoms with Gasteiger partial charge in [0.05, 0.1) is 34.8 Å². The molecule has 19 heteroatoms. The van der Waals surface area contributed by atoms with E-state index in [1.54, 1.807) is 24.3 Å². The summed E-state index contributed by atoms with van der Waals surface area (Å²) in [6.45, 7) is 2.64. The molecular formula is C36H34ClF2N6O8S2-. The first-order valence-electron chi connectivity index (χ1n) is 16.3. The van der Waals surface area contributed by atoms with E-state index in [4.69, 9.17) is 16.3 Å². The summed E-state index contributed by atoms with van der Waals surface area (Å²) in [5, 5.41) is 16.8. The Morgan fingerprint density at radius 3 is 2.36 bits per heavy atom. The maximum atomic E-state index is 14.3. The highest BCUT2D eigenvalue weighted by molar-refractivity contribution is 7.92. The van der Waals surface area contributed by atoms with Crippen LogP contribution >= 0.6 is 11.6 Å². The molecule has 14 nitrogen and oxygen atoms in total. The van der Waals surface area contributed by atoms with Crippen molar-refractivity contribution in [1.29, 1.82) is 0 Å². The van der Waals surface area contributed by atoms with E-state index in [1.165, 1.54) is 44.8 Å². The molecule has 5 aromatic rings. The quantitative estimate of drug-likeness (QED) is 0.133. The van der Waals surface area contributed by atoms with Gasteiger partial charge in [0.25, 0.3) is 5.56 Å². The van der Waals surface area contributed by atoms with Gasteiger partial charge in [0, 0.05) is 49.7 Å². The van der Waals surface area contributed by atoms with Gasteiger partial charge in [-0.15, -0.1) is 0 Å². The van der Waals surface area contributed by atoms with Crippen LogP contribution in [0.4, 0.5) is 19.4 Å². The van der Waals surface area contributed by atoms with Gasteiger partial charge in [0.1, 0.15) is 33.6 Å². The summed E-state index contributed by atoms with van der Waals surface area (Å²) in [7, 11) is -0.710. The molecule has 1 unspecified atom stereocenters. The molecule has 3 aromatic carbocycles. The molecule has 0 bridgehead atoms. The Balaban J connectivity index is 1.74. The first kappa shape index (κ1) is 40.8. The number of methoxy groups -OCH3 is 1. The topological polar surface area (TPSA) is 189 Å². The van der Waals surface area contributed by atoms with E-state index in [1.807, 2.05) is 0 Å². The summed E-state index contributed by atoms with van der Waals surface area (Å²) in [5.41, 5.74) is -0.110. The Morgan fingerprint density at radius 2 is 1.78 bits per heavy atom. The van der Waals surface area contributed by atoms with Crippen LogP contribution in [0.5, 0.6) is 5.75 Å². The molecule has 0 aliphatic heterocycles. The highest BCUT2D eigenvalue weighted by Crippen LogP contribution is 2.37. The zero-order valence-electron chi connectivity index (χ0n) is 30.0. The average molecular weight is 816 g/mol. The molecular weight excluding hydrogens is 782 g/mol. The summed E-state index contributed by atoms with van der Waals surface area (Å²) >= 11 is 3.85. The van der Waals surface area contributed by atoms with Crippen molar-refractivity contribution >= 4 is 55.5 Å². The fraction of sp³-hybridized carbons (Fsp3) is 0.278. The molecule has 0 spiro atoms. The number of anilines is 1. The molecule has 0 saturated carbocycles. The summed E-state index contributed by atoms with van der Waals surface area (Å²) in [6.07, 6.45) is -0.740. The number of hydrogen-bond donors (Lipinski definition) is 2. The molecule has 2 heterocycles. The first-order valence-corrected chi connectivity index (χ1v) is 19.6. The Kier molecular flexibility index (Phi) is 12.0. The number of fused-ring (bicyclic) bond motifs is 1. The second-order valence-electron chi connectivity index (χ2n) is 12.8. The number of nitrogens with zero attached hydrogens (tertiary/aromatic N) is 5. The lowest BCUT2D eigenvalue weighted by atomic mass is 10.0. The minimum Gasteiger partial charge on any atom is -0.755 e. The van der Waals surface area contributed by atoms with Crippen LogP contribution < -0.4 is 19.9 Å². The van der Waals surface area contributed by atoms with Crippen LogP contribution in [0.1, 0.15) is 42.5 Å². The van der Waals surface area contributed by atoms with Crippen LogP contribution in [0, 0.1) is 23.5 Å². The Morgan fingerprint density at radius 1 is 1.13 bits per heavy atom. The second-order valence-corrected chi connectivity index (χ2v) is 16.7. The number of aromatic nitrogens is 4. The molecule has 0 saturated heterocycles. The third-order valence-corrected chi connectivity index (χ3v) is 11.6. The zero-order valence-corrected chi connectivity index (χ0v) is 32.4. The number of carboxylic acid groups (broad SMARTS) is 1. The molecule has 2 N–H and O–H groups in total. The highest BCUT2D eigenvalue weighted by atomic mass is 35.5. The number of aryl methyl sites for hydroxylation is 1. The van der Waals surface area contributed by atoms with Crippen molar-refractivity contribution in [3.8, 4) is 23.3 Å². The minimum absolute atomic E-state index is 0.00115. The second kappa shape index (κ2) is 16.2. The smallest absolute Gasteiger partial charge is 0.405 e. The van der Waals surface area contributed by atoms with Crippen molar-refractivity contribution in [2.45, 2.75) is 37.5 Å². The molecule has 0 aliphatic rings. The number of benzene rings is 3. The molecule has 290 valence electrons. The standard InChI is InChI=1S/C36H35ClF2N6O8S2/c1-36(2,55(5,51)52)14-12-25-20-30(46)45(33(40-25)28(41-35(47)48)18-22-16-23(38)19-24(39)17-22)29-11-10-27(37)31-32(29)43(3)42-34(31)44(54(49)50)15-13-21-6-8-26(53-4)9-7-21/h6-11,16-17,19-20,28,41H,13,15,18H2,1-5H3,(H,47,48)(H,49,50)/p-1/t28-/m0/s1. The Hall–Kier alpha value is -5.35. The molecule has 0 fully saturated rings. The molecule has 0 radical (unpaired) electrons. The van der Waals surface area contributed by atoms with Crippen LogP contribution in [0.15, 0.2) is 65.5 Å². The molecule has 0 aliphatic carbocycles. The molecule has 55 heavy (non-hydrogen) atoms. The summed E-state index contributed by atoms with van der Waals surface area (Å²) in [6, 6.07) is 12.0. The maximum Gasteiger partial charge on any atom is 0.405 e. The SMILES string of the molecule is COc1ccc(CCN(c2nn(C)c3c(-n4c([C@H](Cc5cc(F)cc(F)c5)NC(=O)O)nc(C#CC(C)(C)S(C)(=O)=O)cc4=O)ccc(Cl)c23)S(=O)[O-])cc1. The van der Waals surface area contributed by atoms with Gasteiger partial charge in [-0.05, 0) is 73.7 Å². The number of amides is 1. The lowest BCUT2D eigenvalue weighted by Gasteiger charge is -2.25. The third kappa shape index (κ3) is 9.14. The molecule has 2 atom stereocenters. The first-order chi connectivity index (χ1) is 25.8. The van der Waals surface area contributed by atoms with Crippen LogP contribution in [0.2, 0.25) is 5.02 Å². The van der Waals surface area contributed by atoms with Crippen molar-refractivity contribution in [3.63, 3.8) is 0 Å². The van der Waals surface area contributed by atoms with Crippen molar-refractivity contribution in [2.75, 3.05) is 24.2 Å². The predicted octanol–water partition coefficient (Wildman–Crippen LogP) is 4.63. The van der Waals surface area contributed by atoms with Gasteiger partial charge < -0.3 is 19.7 Å². The third-order valence-electron chi connectivity index (χ3n) is 8.65. The summed E-state index contributed by atoms with van der Waals surface area (Å²) in [5.74, 6) is 3.54. The lowest BCUT2D eigenvalue weighted by molar-refractivity contribution is 0.189. The average Bonchev–Trinajstić information content (AvgIpc) is 3.43. The van der Waals surface area contributed by atoms with Crippen molar-refractivity contribution in [3.05, 3.63) is 110 Å². The monoisotopic (exact) mass is 815 g/mol. The summed E-state index contributed by atoms with van der Waals surface area (Å²) < 4.78 is 85.6. The fourth-order valence-electron chi connectivity index (χ4n) is 5.63. The number of halogens is 3. The van der Waals surface area contributed by atoms with E-state index in [9.17, 15) is 40.7 Å². The molecule has 5 rings (SSSR count). The largest absolute Gasteiger partial charge is 0.755 e. The number of carbonyl (C=O) groups is 1. The zero-order chi connectivity index (χ0) is 40.4. The van der Waals surface area contributed by atoms with Gasteiger partial charge >= 0.3 is 6.09 Å². The van der Waals surface area contributed by atoms with Gasteiger partial charge in [-0.2, -0.15) is 5.10 Å². The Labute approximate surface area is 322 Å². The van der Waals surface area contributed by atoms with Gasteiger partial charge in [-0.3, -0.25) is 22.6 Å². The van der Waals surface area contributed by atoms with Gasteiger partial charge in [-0.25, -0.2) is 27.0 Å². The van der Waals surface area contributed by atoms with Crippen LogP contribution in [-0.4, -0.2) is 72.4 Å². The Bertz CT molecular complexity index is 2530. The normalized spacial score (nSPS) is 12.8. The minimum atomic E-state index is -3.71. The van der Waals surface area contributed by atoms with Crippen LogP contribution in [0.3, 0.4) is 0 Å². The van der Waals surface area contributed by atoms with Crippen LogP contribution in [-0.2, 0) is 41.0 Å². The van der Waals surface area contributed by atoms with E-state index in [0.717, 1.165) is 38.9 Å². The van der Waals surface area contributed by atoms with E-state index in [2.05, 4.69) is 27.2 Å². The van der Waals surface area contributed by atoms with Crippen molar-refractivity contribution in [1.82, 2.24) is 24.6 Å².